The zero-order valence-electron chi connectivity index (χ0n) is 35.3. The van der Waals surface area contributed by atoms with Gasteiger partial charge < -0.3 is 29.1 Å². The lowest BCUT2D eigenvalue weighted by molar-refractivity contribution is -0.153. The first-order chi connectivity index (χ1) is 29.3. The zero-order valence-corrected chi connectivity index (χ0v) is 37.1. The van der Waals surface area contributed by atoms with Crippen LogP contribution in [0.3, 0.4) is 0 Å². The standard InChI is InChI=1S/C46H56N5O8PS/c1-30(44(55)58-29-45(2,3)57-4)49-60(56,59-36-13-6-5-7-14-36)28-31-16-19-39-33(23-31)24-40(61-39)41(52)48-37-15-9-8-12-35-17-18-38(51(35)42(37)53)43(54)50-27-34(25-46(50)20-21-46)32-11-10-22-47-26-32/h5-7,10-11,13-14,16,19,22-24,26,30,34-35,37-38H,8-9,12,15,17-18,20-21,25,27-29H2,1-4H3,(H,48,52)(H,49,56)/t30-,34-,35-,37?,38-,60?/m0/s1. The van der Waals surface area contributed by atoms with E-state index in [1.807, 2.05) is 41.4 Å². The van der Waals surface area contributed by atoms with Gasteiger partial charge in [0, 0.05) is 48.2 Å². The maximum absolute atomic E-state index is 14.5. The van der Waals surface area contributed by atoms with Crippen LogP contribution in [0.2, 0.25) is 0 Å². The summed E-state index contributed by atoms with van der Waals surface area (Å²) in [5.74, 6) is -0.462. The fraction of sp³-hybridized carbons (Fsp3) is 0.500. The fourth-order valence-corrected chi connectivity index (χ4v) is 12.2. The van der Waals surface area contributed by atoms with Gasteiger partial charge in [0.25, 0.3) is 5.91 Å². The quantitative estimate of drug-likeness (QED) is 0.0956. The van der Waals surface area contributed by atoms with Gasteiger partial charge >= 0.3 is 13.5 Å². The molecule has 4 aliphatic rings. The maximum atomic E-state index is 14.5. The third kappa shape index (κ3) is 9.57. The van der Waals surface area contributed by atoms with Crippen LogP contribution in [0, 0.1) is 0 Å². The first-order valence-corrected chi connectivity index (χ1v) is 24.1. The number of ether oxygens (including phenoxy) is 2. The van der Waals surface area contributed by atoms with Crippen LogP contribution in [0.1, 0.15) is 105 Å². The van der Waals surface area contributed by atoms with E-state index in [1.165, 1.54) is 18.4 Å². The molecule has 3 amide bonds. The minimum atomic E-state index is -3.75. The number of amides is 3. The Balaban J connectivity index is 0.957. The molecule has 0 bridgehead atoms. The number of benzene rings is 2. The number of nitrogens with one attached hydrogen (secondary N) is 2. The number of methoxy groups -OCH3 is 1. The van der Waals surface area contributed by atoms with E-state index in [0.29, 0.717) is 35.6 Å². The minimum absolute atomic E-state index is 0.0183. The molecule has 3 saturated heterocycles. The first-order valence-electron chi connectivity index (χ1n) is 21.5. The van der Waals surface area contributed by atoms with Gasteiger partial charge in [-0.1, -0.05) is 43.2 Å². The number of rotatable bonds is 14. The van der Waals surface area contributed by atoms with Crippen LogP contribution in [0.15, 0.2) is 79.1 Å². The number of esters is 1. The van der Waals surface area contributed by atoms with Crippen molar-refractivity contribution in [2.75, 3.05) is 20.3 Å². The lowest BCUT2D eigenvalue weighted by Gasteiger charge is -2.37. The van der Waals surface area contributed by atoms with E-state index in [0.717, 1.165) is 60.6 Å². The number of hydrogen-bond donors (Lipinski definition) is 2. The molecule has 2 N–H and O–H groups in total. The molecule has 1 aliphatic carbocycles. The third-order valence-corrected chi connectivity index (χ3v) is 16.0. The molecule has 1 saturated carbocycles. The van der Waals surface area contributed by atoms with Crippen LogP contribution in [0.25, 0.3) is 10.1 Å². The number of pyridine rings is 1. The number of carbonyl (C=O) groups is 4. The van der Waals surface area contributed by atoms with E-state index in [-0.39, 0.29) is 48.0 Å². The SMILES string of the molecule is COC(C)(C)COC(=O)[C@H](C)NP(=O)(Cc1ccc2sc(C(=O)NC3CCCC[C@H]4CC[C@@H](C(=O)N5C[C@@H](c6cccnc6)CC56CC6)N4C3=O)cc2c1)Oc1ccccc1. The van der Waals surface area contributed by atoms with Crippen LogP contribution in [-0.4, -0.2) is 94.0 Å². The van der Waals surface area contributed by atoms with Crippen molar-refractivity contribution in [3.63, 3.8) is 0 Å². The summed E-state index contributed by atoms with van der Waals surface area (Å²) in [4.78, 5) is 64.6. The number of para-hydroxylation sites is 1. The van der Waals surface area contributed by atoms with Gasteiger partial charge in [-0.2, -0.15) is 0 Å². The molecule has 4 aromatic rings. The Labute approximate surface area is 361 Å². The molecule has 3 aliphatic heterocycles. The van der Waals surface area contributed by atoms with E-state index in [2.05, 4.69) is 26.4 Å². The Kier molecular flexibility index (Phi) is 12.4. The molecule has 8 rings (SSSR count). The molecule has 1 spiro atoms. The summed E-state index contributed by atoms with van der Waals surface area (Å²) >= 11 is 1.31. The van der Waals surface area contributed by atoms with Gasteiger partial charge in [0.1, 0.15) is 30.5 Å². The zero-order chi connectivity index (χ0) is 42.9. The maximum Gasteiger partial charge on any atom is 0.323 e. The highest BCUT2D eigenvalue weighted by molar-refractivity contribution is 7.56. The lowest BCUT2D eigenvalue weighted by atomic mass is 9.97. The number of carbonyl (C=O) groups excluding carboxylic acids is 4. The first kappa shape index (κ1) is 43.0. The second kappa shape index (κ2) is 17.6. The number of hydrogen-bond acceptors (Lipinski definition) is 10. The Morgan fingerprint density at radius 1 is 1.02 bits per heavy atom. The van der Waals surface area contributed by atoms with Crippen LogP contribution >= 0.6 is 18.9 Å². The topological polar surface area (TPSA) is 156 Å². The summed E-state index contributed by atoms with van der Waals surface area (Å²) in [6, 6.07) is 17.9. The summed E-state index contributed by atoms with van der Waals surface area (Å²) in [6.07, 6.45) is 11.0. The van der Waals surface area contributed by atoms with Crippen LogP contribution < -0.4 is 14.9 Å². The average Bonchev–Trinajstić information content (AvgIpc) is 3.53. The van der Waals surface area contributed by atoms with Crippen molar-refractivity contribution in [3.8, 4) is 5.75 Å². The molecule has 6 atom stereocenters. The highest BCUT2D eigenvalue weighted by Crippen LogP contribution is 2.54. The van der Waals surface area contributed by atoms with Crippen molar-refractivity contribution < 1.29 is 37.7 Å². The number of aromatic nitrogens is 1. The van der Waals surface area contributed by atoms with Crippen molar-refractivity contribution in [1.82, 2.24) is 25.2 Å². The molecule has 61 heavy (non-hydrogen) atoms. The van der Waals surface area contributed by atoms with Crippen molar-refractivity contribution in [2.24, 2.45) is 0 Å². The Hall–Kier alpha value is -4.62. The van der Waals surface area contributed by atoms with Crippen LogP contribution in [0.4, 0.5) is 0 Å². The summed E-state index contributed by atoms with van der Waals surface area (Å²) < 4.78 is 32.3. The van der Waals surface area contributed by atoms with Crippen LogP contribution in [0.5, 0.6) is 5.75 Å². The van der Waals surface area contributed by atoms with E-state index >= 15 is 0 Å². The second-order valence-corrected chi connectivity index (χ2v) is 21.0. The number of fused-ring (bicyclic) bond motifs is 2. The number of likely N-dealkylation sites (tertiary alicyclic amines) is 1. The van der Waals surface area contributed by atoms with Gasteiger partial charge in [0.2, 0.25) is 11.8 Å². The molecule has 2 unspecified atom stereocenters. The van der Waals surface area contributed by atoms with Gasteiger partial charge in [-0.15, -0.1) is 11.3 Å². The van der Waals surface area contributed by atoms with Gasteiger partial charge in [-0.05, 0) is 119 Å². The average molecular weight is 870 g/mol. The Bertz CT molecular complexity index is 2300. The van der Waals surface area contributed by atoms with E-state index in [9.17, 15) is 23.7 Å². The van der Waals surface area contributed by atoms with Crippen molar-refractivity contribution >= 4 is 52.6 Å². The number of nitrogens with zero attached hydrogens (tertiary/aromatic N) is 3. The normalized spacial score (nSPS) is 23.8. The minimum Gasteiger partial charge on any atom is -0.461 e. The molecule has 5 heterocycles. The summed E-state index contributed by atoms with van der Waals surface area (Å²) in [5.41, 5.74) is 1.01. The predicted molar refractivity (Wildman–Crippen MR) is 234 cm³/mol. The van der Waals surface area contributed by atoms with Gasteiger partial charge in [0.05, 0.1) is 16.6 Å². The molecule has 2 aromatic carbocycles. The lowest BCUT2D eigenvalue weighted by Crippen LogP contribution is -2.57. The summed E-state index contributed by atoms with van der Waals surface area (Å²) in [6.45, 7) is 5.83. The molecule has 15 heteroatoms. The fourth-order valence-electron chi connectivity index (χ4n) is 9.22. The van der Waals surface area contributed by atoms with Gasteiger partial charge in [-0.3, -0.25) is 28.7 Å². The Morgan fingerprint density at radius 3 is 2.54 bits per heavy atom. The highest BCUT2D eigenvalue weighted by Gasteiger charge is 2.58. The monoisotopic (exact) mass is 869 g/mol. The van der Waals surface area contributed by atoms with Gasteiger partial charge in [-0.25, -0.2) is 5.09 Å². The van der Waals surface area contributed by atoms with E-state index < -0.39 is 37.2 Å². The van der Waals surface area contributed by atoms with Gasteiger partial charge in [0.15, 0.2) is 0 Å². The van der Waals surface area contributed by atoms with Crippen molar-refractivity contribution in [2.45, 2.75) is 126 Å². The molecule has 4 fully saturated rings. The number of thiophene rings is 1. The Morgan fingerprint density at radius 2 is 1.80 bits per heavy atom. The van der Waals surface area contributed by atoms with Crippen molar-refractivity contribution in [1.29, 1.82) is 0 Å². The second-order valence-electron chi connectivity index (χ2n) is 17.8. The molecule has 2 aromatic heterocycles. The van der Waals surface area contributed by atoms with E-state index in [1.54, 1.807) is 57.3 Å². The molecular weight excluding hydrogens is 814 g/mol. The van der Waals surface area contributed by atoms with Crippen LogP contribution in [-0.2, 0) is 34.6 Å². The molecular formula is C46H56N5O8PS. The van der Waals surface area contributed by atoms with Crippen molar-refractivity contribution in [3.05, 3.63) is 95.1 Å². The molecule has 324 valence electrons. The summed E-state index contributed by atoms with van der Waals surface area (Å²) in [7, 11) is -2.22. The van der Waals surface area contributed by atoms with E-state index in [4.69, 9.17) is 14.0 Å². The smallest absolute Gasteiger partial charge is 0.323 e. The predicted octanol–water partition coefficient (Wildman–Crippen LogP) is 7.60. The summed E-state index contributed by atoms with van der Waals surface area (Å²) in [5, 5.41) is 6.77. The largest absolute Gasteiger partial charge is 0.461 e. The molecule has 13 nitrogen and oxygen atoms in total. The third-order valence-electron chi connectivity index (χ3n) is 12.8. The molecule has 0 radical (unpaired) electrons. The highest BCUT2D eigenvalue weighted by atomic mass is 32.1.